The molecule has 1 unspecified atom stereocenters. The predicted octanol–water partition coefficient (Wildman–Crippen LogP) is 2.33. The highest BCUT2D eigenvalue weighted by atomic mass is 16.6. The van der Waals surface area contributed by atoms with Gasteiger partial charge in [0.1, 0.15) is 11.4 Å². The third-order valence-electron chi connectivity index (χ3n) is 2.35. The predicted molar refractivity (Wildman–Crippen MR) is 57.4 cm³/mol. The molecular weight excluding hydrogens is 192 g/mol. The molecule has 0 aromatic rings. The van der Waals surface area contributed by atoms with Crippen LogP contribution in [0.3, 0.4) is 0 Å². The maximum atomic E-state index is 11.6. The number of carbonyl (C=O) groups excluding carboxylic acids is 2. The highest BCUT2D eigenvalue weighted by Crippen LogP contribution is 2.32. The first kappa shape index (κ1) is 12.2. The molecule has 86 valence electrons. The van der Waals surface area contributed by atoms with Crippen molar-refractivity contribution >= 4 is 11.8 Å². The van der Waals surface area contributed by atoms with Crippen molar-refractivity contribution in [2.24, 2.45) is 11.8 Å². The fourth-order valence-electron chi connectivity index (χ4n) is 1.36. The first-order valence-electron chi connectivity index (χ1n) is 5.55. The zero-order valence-electron chi connectivity index (χ0n) is 10.0. The maximum absolute atomic E-state index is 11.6. The monoisotopic (exact) mass is 212 g/mol. The summed E-state index contributed by atoms with van der Waals surface area (Å²) >= 11 is 0. The van der Waals surface area contributed by atoms with Crippen LogP contribution in [0.5, 0.6) is 0 Å². The van der Waals surface area contributed by atoms with Crippen LogP contribution in [-0.2, 0) is 14.3 Å². The Morgan fingerprint density at radius 2 is 1.87 bits per heavy atom. The first-order valence-corrected chi connectivity index (χ1v) is 5.55. The second-order valence-electron chi connectivity index (χ2n) is 5.38. The number of ketones is 1. The van der Waals surface area contributed by atoms with Crippen LogP contribution in [0.25, 0.3) is 0 Å². The topological polar surface area (TPSA) is 43.4 Å². The fraction of sp³-hybridized carbons (Fsp3) is 0.833. The molecule has 0 heterocycles. The largest absolute Gasteiger partial charge is 0.460 e. The molecule has 0 amide bonds. The molecule has 1 fully saturated rings. The molecule has 1 aliphatic rings. The van der Waals surface area contributed by atoms with Crippen LogP contribution in [0.2, 0.25) is 0 Å². The lowest BCUT2D eigenvalue weighted by molar-refractivity contribution is -0.160. The lowest BCUT2D eigenvalue weighted by Crippen LogP contribution is -2.28. The minimum absolute atomic E-state index is 0.216. The molecule has 0 saturated heterocycles. The van der Waals surface area contributed by atoms with E-state index in [1.807, 2.05) is 20.8 Å². The van der Waals surface area contributed by atoms with Crippen molar-refractivity contribution < 1.29 is 14.3 Å². The van der Waals surface area contributed by atoms with Gasteiger partial charge in [-0.05, 0) is 33.6 Å². The van der Waals surface area contributed by atoms with E-state index in [0.29, 0.717) is 6.42 Å². The van der Waals surface area contributed by atoms with Crippen LogP contribution < -0.4 is 0 Å². The number of hydrogen-bond acceptors (Lipinski definition) is 3. The number of esters is 1. The van der Waals surface area contributed by atoms with Gasteiger partial charge in [0, 0.05) is 12.3 Å². The van der Waals surface area contributed by atoms with Crippen molar-refractivity contribution in [1.82, 2.24) is 0 Å². The molecule has 0 radical (unpaired) electrons. The molecule has 1 saturated carbocycles. The molecular formula is C12H20O3. The Hall–Kier alpha value is -0.860. The third kappa shape index (κ3) is 4.45. The highest BCUT2D eigenvalue weighted by Gasteiger charge is 2.32. The van der Waals surface area contributed by atoms with Gasteiger partial charge in [-0.15, -0.1) is 0 Å². The Balaban J connectivity index is 2.35. The van der Waals surface area contributed by atoms with Crippen LogP contribution in [0.1, 0.15) is 47.0 Å². The minimum atomic E-state index is -0.464. The molecule has 0 aromatic heterocycles. The number of carbonyl (C=O) groups is 2. The summed E-state index contributed by atoms with van der Waals surface area (Å²) in [7, 11) is 0. The van der Waals surface area contributed by atoms with Crippen molar-refractivity contribution in [3.8, 4) is 0 Å². The van der Waals surface area contributed by atoms with E-state index in [1.54, 1.807) is 6.92 Å². The van der Waals surface area contributed by atoms with Gasteiger partial charge in [-0.25, -0.2) is 0 Å². The van der Waals surface area contributed by atoms with E-state index < -0.39 is 5.60 Å². The summed E-state index contributed by atoms with van der Waals surface area (Å²) in [5.74, 6) is -0.128. The number of rotatable bonds is 4. The zero-order valence-corrected chi connectivity index (χ0v) is 10.0. The van der Waals surface area contributed by atoms with Gasteiger partial charge < -0.3 is 4.74 Å². The lowest BCUT2D eigenvalue weighted by atomic mass is 10.0. The average Bonchev–Trinajstić information content (AvgIpc) is 2.82. The van der Waals surface area contributed by atoms with Gasteiger partial charge in [0.05, 0.1) is 5.92 Å². The van der Waals surface area contributed by atoms with E-state index in [2.05, 4.69) is 0 Å². The summed E-state index contributed by atoms with van der Waals surface area (Å²) in [6.45, 7) is 7.26. The van der Waals surface area contributed by atoms with E-state index >= 15 is 0 Å². The maximum Gasteiger partial charge on any atom is 0.309 e. The van der Waals surface area contributed by atoms with Crippen molar-refractivity contribution in [3.05, 3.63) is 0 Å². The molecule has 1 rings (SSSR count). The first-order chi connectivity index (χ1) is 6.79. The van der Waals surface area contributed by atoms with Gasteiger partial charge in [0.25, 0.3) is 0 Å². The molecule has 1 aliphatic carbocycles. The Kier molecular flexibility index (Phi) is 3.53. The van der Waals surface area contributed by atoms with Gasteiger partial charge in [-0.2, -0.15) is 0 Å². The van der Waals surface area contributed by atoms with Gasteiger partial charge in [0.15, 0.2) is 0 Å². The molecule has 15 heavy (non-hydrogen) atoms. The third-order valence-corrected chi connectivity index (χ3v) is 2.35. The smallest absolute Gasteiger partial charge is 0.309 e. The number of ether oxygens (including phenoxy) is 1. The zero-order chi connectivity index (χ0) is 11.6. The Morgan fingerprint density at radius 3 is 2.27 bits per heavy atom. The summed E-state index contributed by atoms with van der Waals surface area (Å²) in [5.41, 5.74) is -0.464. The molecule has 0 spiro atoms. The Labute approximate surface area is 91.2 Å². The normalized spacial score (nSPS) is 18.4. The Bertz CT molecular complexity index is 259. The van der Waals surface area contributed by atoms with Crippen molar-refractivity contribution in [2.45, 2.75) is 52.6 Å². The van der Waals surface area contributed by atoms with Gasteiger partial charge in [-0.1, -0.05) is 6.92 Å². The highest BCUT2D eigenvalue weighted by molar-refractivity contribution is 5.87. The van der Waals surface area contributed by atoms with Crippen LogP contribution >= 0.6 is 0 Å². The van der Waals surface area contributed by atoms with Gasteiger partial charge in [0.2, 0.25) is 0 Å². The SMILES string of the molecule is CC(CC(=O)C1CC1)C(=O)OC(C)(C)C. The van der Waals surface area contributed by atoms with E-state index in [4.69, 9.17) is 4.74 Å². The standard InChI is InChI=1S/C12H20O3/c1-8(7-10(13)9-5-6-9)11(14)15-12(2,3)4/h8-9H,5-7H2,1-4H3. The molecule has 0 aliphatic heterocycles. The minimum Gasteiger partial charge on any atom is -0.460 e. The van der Waals surface area contributed by atoms with Crippen LogP contribution in [-0.4, -0.2) is 17.4 Å². The second kappa shape index (κ2) is 4.33. The summed E-state index contributed by atoms with van der Waals surface area (Å²) in [5, 5.41) is 0. The van der Waals surface area contributed by atoms with E-state index in [-0.39, 0.29) is 23.6 Å². The molecule has 0 bridgehead atoms. The number of hydrogen-bond donors (Lipinski definition) is 0. The van der Waals surface area contributed by atoms with Gasteiger partial charge in [-0.3, -0.25) is 9.59 Å². The summed E-state index contributed by atoms with van der Waals surface area (Å²) in [6.07, 6.45) is 2.33. The lowest BCUT2D eigenvalue weighted by Gasteiger charge is -2.22. The van der Waals surface area contributed by atoms with Crippen molar-refractivity contribution in [3.63, 3.8) is 0 Å². The van der Waals surface area contributed by atoms with Crippen molar-refractivity contribution in [2.75, 3.05) is 0 Å². The van der Waals surface area contributed by atoms with E-state index in [0.717, 1.165) is 12.8 Å². The molecule has 3 nitrogen and oxygen atoms in total. The molecule has 1 atom stereocenters. The fourth-order valence-corrected chi connectivity index (χ4v) is 1.36. The number of Topliss-reactive ketones (excluding diaryl/α,β-unsaturated/α-hetero) is 1. The summed E-state index contributed by atoms with van der Waals surface area (Å²) < 4.78 is 5.21. The molecule has 0 N–H and O–H groups in total. The van der Waals surface area contributed by atoms with E-state index in [9.17, 15) is 9.59 Å². The average molecular weight is 212 g/mol. The van der Waals surface area contributed by atoms with E-state index in [1.165, 1.54) is 0 Å². The van der Waals surface area contributed by atoms with Gasteiger partial charge >= 0.3 is 5.97 Å². The molecule has 3 heteroatoms. The quantitative estimate of drug-likeness (QED) is 0.672. The Morgan fingerprint density at radius 1 is 1.33 bits per heavy atom. The summed E-state index contributed by atoms with van der Waals surface area (Å²) in [4.78, 5) is 23.0. The molecule has 0 aromatic carbocycles. The van der Waals surface area contributed by atoms with Crippen LogP contribution in [0, 0.1) is 11.8 Å². The second-order valence-corrected chi connectivity index (χ2v) is 5.38. The van der Waals surface area contributed by atoms with Crippen LogP contribution in [0.15, 0.2) is 0 Å². The summed E-state index contributed by atoms with van der Waals surface area (Å²) in [6, 6.07) is 0. The van der Waals surface area contributed by atoms with Crippen molar-refractivity contribution in [1.29, 1.82) is 0 Å². The van der Waals surface area contributed by atoms with Crippen LogP contribution in [0.4, 0.5) is 0 Å².